The van der Waals surface area contributed by atoms with Gasteiger partial charge in [0.2, 0.25) is 0 Å². The van der Waals surface area contributed by atoms with Gasteiger partial charge >= 0.3 is 0 Å². The van der Waals surface area contributed by atoms with E-state index in [1.165, 1.54) is 35.7 Å². The molecule has 1 saturated carbocycles. The second-order valence-corrected chi connectivity index (χ2v) is 5.45. The molecule has 3 fully saturated rings. The van der Waals surface area contributed by atoms with Crippen LogP contribution in [0.4, 0.5) is 0 Å². The largest absolute Gasteiger partial charge is 0.304 e. The van der Waals surface area contributed by atoms with Gasteiger partial charge in [0.1, 0.15) is 0 Å². The van der Waals surface area contributed by atoms with Gasteiger partial charge in [-0.05, 0) is 43.4 Å². The zero-order valence-corrected chi connectivity index (χ0v) is 9.68. The molecule has 3 aliphatic rings. The molecule has 2 saturated heterocycles. The predicted molar refractivity (Wildman–Crippen MR) is 61.2 cm³/mol. The summed E-state index contributed by atoms with van der Waals surface area (Å²) in [4.78, 5) is 0. The topological polar surface area (TPSA) is 12.0 Å². The van der Waals surface area contributed by atoms with Crippen molar-refractivity contribution in [2.24, 2.45) is 0 Å². The van der Waals surface area contributed by atoms with E-state index in [1.807, 2.05) is 0 Å². The number of rotatable bonds is 1. The first kappa shape index (κ1) is 8.93. The van der Waals surface area contributed by atoms with Crippen molar-refractivity contribution in [1.29, 1.82) is 0 Å². The van der Waals surface area contributed by atoms with Gasteiger partial charge in [-0.1, -0.05) is 28.1 Å². The van der Waals surface area contributed by atoms with Gasteiger partial charge in [0.15, 0.2) is 0 Å². The molecule has 1 aliphatic carbocycles. The van der Waals surface area contributed by atoms with E-state index in [1.54, 1.807) is 0 Å². The van der Waals surface area contributed by atoms with Crippen molar-refractivity contribution in [3.05, 3.63) is 34.3 Å². The van der Waals surface area contributed by atoms with Crippen molar-refractivity contribution < 1.29 is 0 Å². The molecule has 2 heterocycles. The van der Waals surface area contributed by atoms with Gasteiger partial charge in [-0.2, -0.15) is 0 Å². The van der Waals surface area contributed by atoms with Gasteiger partial charge < -0.3 is 5.32 Å². The summed E-state index contributed by atoms with van der Waals surface area (Å²) in [5.74, 6) is 0. The zero-order valence-electron chi connectivity index (χ0n) is 8.09. The molecule has 0 radical (unpaired) electrons. The summed E-state index contributed by atoms with van der Waals surface area (Å²) in [7, 11) is 0. The second-order valence-electron chi connectivity index (χ2n) is 4.53. The van der Waals surface area contributed by atoms with Crippen molar-refractivity contribution in [1.82, 2.24) is 5.32 Å². The first-order chi connectivity index (χ1) is 6.78. The maximum Gasteiger partial charge on any atom is 0.0452 e. The molecule has 0 aromatic heterocycles. The van der Waals surface area contributed by atoms with Crippen LogP contribution >= 0.6 is 15.9 Å². The molecule has 74 valence electrons. The van der Waals surface area contributed by atoms with Crippen LogP contribution in [0, 0.1) is 0 Å². The van der Waals surface area contributed by atoms with Crippen LogP contribution < -0.4 is 5.32 Å². The Balaban J connectivity index is 1.95. The average molecular weight is 252 g/mol. The molecule has 0 amide bonds. The third kappa shape index (κ3) is 1.24. The fraction of sp³-hybridized carbons (Fsp3) is 0.500. The summed E-state index contributed by atoms with van der Waals surface area (Å²) in [6, 6.07) is 9.54. The molecule has 1 aromatic carbocycles. The van der Waals surface area contributed by atoms with Crippen LogP contribution in [0.2, 0.25) is 0 Å². The number of benzene rings is 1. The third-order valence-corrected chi connectivity index (χ3v) is 4.10. The Morgan fingerprint density at radius 1 is 1.43 bits per heavy atom. The summed E-state index contributed by atoms with van der Waals surface area (Å²) >= 11 is 3.54. The van der Waals surface area contributed by atoms with Crippen LogP contribution in [0.5, 0.6) is 0 Å². The minimum atomic E-state index is 0.326. The molecule has 4 rings (SSSR count). The van der Waals surface area contributed by atoms with Crippen LogP contribution in [0.25, 0.3) is 0 Å². The minimum Gasteiger partial charge on any atom is -0.304 e. The summed E-state index contributed by atoms with van der Waals surface area (Å²) in [5.41, 5.74) is 1.79. The molecule has 2 aliphatic heterocycles. The third-order valence-electron chi connectivity index (χ3n) is 3.61. The molecule has 2 atom stereocenters. The van der Waals surface area contributed by atoms with Crippen molar-refractivity contribution in [3.63, 3.8) is 0 Å². The Hall–Kier alpha value is -0.340. The average Bonchev–Trinajstić information content (AvgIpc) is 2.17. The highest BCUT2D eigenvalue weighted by molar-refractivity contribution is 9.10. The standard InChI is InChI=1S/C12H14BrN/c13-10-4-1-3-9(7-10)12-6-2-5-11(8-12)14-12/h1,3-4,7,11,14H,2,5-6,8H2. The maximum atomic E-state index is 3.72. The number of hydrogen-bond donors (Lipinski definition) is 1. The van der Waals surface area contributed by atoms with Crippen LogP contribution in [0.15, 0.2) is 28.7 Å². The molecular formula is C12H14BrN. The minimum absolute atomic E-state index is 0.326. The van der Waals surface area contributed by atoms with E-state index in [-0.39, 0.29) is 0 Å². The lowest BCUT2D eigenvalue weighted by atomic mass is 9.67. The summed E-state index contributed by atoms with van der Waals surface area (Å²) in [6.07, 6.45) is 5.39. The quantitative estimate of drug-likeness (QED) is 0.809. The van der Waals surface area contributed by atoms with Gasteiger partial charge in [-0.25, -0.2) is 0 Å². The fourth-order valence-corrected chi connectivity index (χ4v) is 3.32. The lowest BCUT2D eigenvalue weighted by Crippen LogP contribution is -2.63. The molecule has 1 aromatic rings. The number of fused-ring (bicyclic) bond motifs is 2. The molecule has 0 spiro atoms. The van der Waals surface area contributed by atoms with Gasteiger partial charge in [-0.15, -0.1) is 0 Å². The highest BCUT2D eigenvalue weighted by atomic mass is 79.9. The van der Waals surface area contributed by atoms with Crippen molar-refractivity contribution >= 4 is 15.9 Å². The molecule has 2 heteroatoms. The summed E-state index contributed by atoms with van der Waals surface area (Å²) in [6.45, 7) is 0. The zero-order chi connectivity index (χ0) is 9.60. The fourth-order valence-electron chi connectivity index (χ4n) is 2.92. The van der Waals surface area contributed by atoms with E-state index in [4.69, 9.17) is 0 Å². The summed E-state index contributed by atoms with van der Waals surface area (Å²) in [5, 5.41) is 3.72. The molecule has 2 unspecified atom stereocenters. The van der Waals surface area contributed by atoms with E-state index in [0.717, 1.165) is 6.04 Å². The summed E-state index contributed by atoms with van der Waals surface area (Å²) < 4.78 is 1.19. The Kier molecular flexibility index (Phi) is 1.96. The van der Waals surface area contributed by atoms with E-state index < -0.39 is 0 Å². The lowest BCUT2D eigenvalue weighted by Gasteiger charge is -2.54. The number of piperidine rings is 1. The number of hydrogen-bond acceptors (Lipinski definition) is 1. The SMILES string of the molecule is Brc1cccc(C23CCCC(C2)N3)c1. The first-order valence-electron chi connectivity index (χ1n) is 5.32. The van der Waals surface area contributed by atoms with E-state index in [2.05, 4.69) is 45.5 Å². The highest BCUT2D eigenvalue weighted by Crippen LogP contribution is 2.45. The predicted octanol–water partition coefficient (Wildman–Crippen LogP) is 3.19. The molecule has 1 nitrogen and oxygen atoms in total. The molecular weight excluding hydrogens is 238 g/mol. The maximum absolute atomic E-state index is 3.72. The second kappa shape index (κ2) is 3.07. The highest BCUT2D eigenvalue weighted by Gasteiger charge is 2.47. The van der Waals surface area contributed by atoms with Crippen molar-refractivity contribution in [3.8, 4) is 0 Å². The number of nitrogens with one attached hydrogen (secondary N) is 1. The van der Waals surface area contributed by atoms with Gasteiger partial charge in [-0.3, -0.25) is 0 Å². The van der Waals surface area contributed by atoms with Crippen molar-refractivity contribution in [2.75, 3.05) is 0 Å². The lowest BCUT2D eigenvalue weighted by molar-refractivity contribution is 0.0688. The van der Waals surface area contributed by atoms with Crippen LogP contribution in [0.1, 0.15) is 31.2 Å². The Labute approximate surface area is 93.0 Å². The van der Waals surface area contributed by atoms with Crippen molar-refractivity contribution in [2.45, 2.75) is 37.3 Å². The van der Waals surface area contributed by atoms with Gasteiger partial charge in [0, 0.05) is 16.1 Å². The number of halogens is 1. The normalized spacial score (nSPS) is 35.1. The Morgan fingerprint density at radius 3 is 2.93 bits per heavy atom. The van der Waals surface area contributed by atoms with Crippen LogP contribution in [0.3, 0.4) is 0 Å². The smallest absolute Gasteiger partial charge is 0.0452 e. The van der Waals surface area contributed by atoms with Gasteiger partial charge in [0.05, 0.1) is 0 Å². The van der Waals surface area contributed by atoms with Gasteiger partial charge in [0.25, 0.3) is 0 Å². The van der Waals surface area contributed by atoms with E-state index in [9.17, 15) is 0 Å². The van der Waals surface area contributed by atoms with E-state index >= 15 is 0 Å². The Morgan fingerprint density at radius 2 is 2.29 bits per heavy atom. The Bertz CT molecular complexity index is 350. The monoisotopic (exact) mass is 251 g/mol. The first-order valence-corrected chi connectivity index (χ1v) is 6.12. The van der Waals surface area contributed by atoms with Crippen LogP contribution in [-0.2, 0) is 5.54 Å². The molecule has 1 N–H and O–H groups in total. The van der Waals surface area contributed by atoms with Crippen LogP contribution in [-0.4, -0.2) is 6.04 Å². The van der Waals surface area contributed by atoms with E-state index in [0.29, 0.717) is 5.54 Å². The molecule has 2 bridgehead atoms. The molecule has 14 heavy (non-hydrogen) atoms.